The molecule has 0 saturated heterocycles. The zero-order valence-electron chi connectivity index (χ0n) is 11.4. The lowest BCUT2D eigenvalue weighted by atomic mass is 10.2. The van der Waals surface area contributed by atoms with Gasteiger partial charge in [0.25, 0.3) is 0 Å². The van der Waals surface area contributed by atoms with Crippen LogP contribution in [0.15, 0.2) is 42.5 Å². The summed E-state index contributed by atoms with van der Waals surface area (Å²) in [6.45, 7) is -0.112. The molecule has 0 heterocycles. The quantitative estimate of drug-likeness (QED) is 0.633. The first-order valence-corrected chi connectivity index (χ1v) is 6.38. The van der Waals surface area contributed by atoms with Crippen LogP contribution in [0.3, 0.4) is 0 Å². The minimum atomic E-state index is -0.814. The van der Waals surface area contributed by atoms with Gasteiger partial charge in [-0.15, -0.1) is 5.48 Å². The normalized spacial score (nSPS) is 10.3. The van der Waals surface area contributed by atoms with Gasteiger partial charge >= 0.3 is 5.97 Å². The van der Waals surface area contributed by atoms with Crippen LogP contribution >= 0.6 is 0 Å². The number of ether oxygens (including phenoxy) is 1. The van der Waals surface area contributed by atoms with Crippen molar-refractivity contribution in [2.24, 2.45) is 0 Å². The molecule has 0 unspecified atom stereocenters. The van der Waals surface area contributed by atoms with Gasteiger partial charge in [0.1, 0.15) is 17.9 Å². The SMILES string of the molecule is O=C(ONCCOc1c(F)cccc1F)c1ccccc1O. The van der Waals surface area contributed by atoms with E-state index in [4.69, 9.17) is 9.57 Å². The topological polar surface area (TPSA) is 67.8 Å². The monoisotopic (exact) mass is 309 g/mol. The molecule has 7 heteroatoms. The molecule has 0 spiro atoms. The van der Waals surface area contributed by atoms with E-state index in [0.29, 0.717) is 0 Å². The fraction of sp³-hybridized carbons (Fsp3) is 0.133. The van der Waals surface area contributed by atoms with Crippen molar-refractivity contribution in [2.75, 3.05) is 13.2 Å². The lowest BCUT2D eigenvalue weighted by molar-refractivity contribution is 0.0225. The predicted molar refractivity (Wildman–Crippen MR) is 73.4 cm³/mol. The van der Waals surface area contributed by atoms with E-state index in [1.54, 1.807) is 12.1 Å². The van der Waals surface area contributed by atoms with Crippen molar-refractivity contribution < 1.29 is 28.3 Å². The Balaban J connectivity index is 1.76. The number of nitrogens with one attached hydrogen (secondary N) is 1. The summed E-state index contributed by atoms with van der Waals surface area (Å²) in [5.74, 6) is -3.11. The number of hydrogen-bond donors (Lipinski definition) is 2. The van der Waals surface area contributed by atoms with Gasteiger partial charge in [-0.2, -0.15) is 0 Å². The zero-order valence-corrected chi connectivity index (χ0v) is 11.4. The summed E-state index contributed by atoms with van der Waals surface area (Å²) in [6.07, 6.45) is 0. The zero-order chi connectivity index (χ0) is 15.9. The molecular weight excluding hydrogens is 296 g/mol. The van der Waals surface area contributed by atoms with Crippen molar-refractivity contribution in [2.45, 2.75) is 0 Å². The summed E-state index contributed by atoms with van der Waals surface area (Å²) < 4.78 is 31.4. The van der Waals surface area contributed by atoms with Crippen molar-refractivity contribution in [1.82, 2.24) is 5.48 Å². The van der Waals surface area contributed by atoms with E-state index in [0.717, 1.165) is 12.1 Å². The number of benzene rings is 2. The van der Waals surface area contributed by atoms with Crippen LogP contribution in [0, 0.1) is 11.6 Å². The van der Waals surface area contributed by atoms with Crippen LogP contribution in [-0.2, 0) is 4.84 Å². The Labute approximate surface area is 125 Å². The minimum absolute atomic E-state index is 0.00364. The van der Waals surface area contributed by atoms with Crippen LogP contribution in [0.1, 0.15) is 10.4 Å². The average Bonchev–Trinajstić information content (AvgIpc) is 2.49. The van der Waals surface area contributed by atoms with Gasteiger partial charge in [0, 0.05) is 0 Å². The van der Waals surface area contributed by atoms with Gasteiger partial charge in [0.15, 0.2) is 17.4 Å². The smallest absolute Gasteiger partial charge is 0.360 e. The molecule has 0 amide bonds. The molecule has 22 heavy (non-hydrogen) atoms. The van der Waals surface area contributed by atoms with Crippen molar-refractivity contribution in [3.05, 3.63) is 59.7 Å². The van der Waals surface area contributed by atoms with Gasteiger partial charge < -0.3 is 14.7 Å². The molecular formula is C15H13F2NO4. The van der Waals surface area contributed by atoms with Crippen molar-refractivity contribution in [3.8, 4) is 11.5 Å². The Morgan fingerprint density at radius 1 is 1.09 bits per heavy atom. The first-order valence-electron chi connectivity index (χ1n) is 6.38. The maximum atomic E-state index is 13.3. The largest absolute Gasteiger partial charge is 0.507 e. The van der Waals surface area contributed by atoms with Crippen LogP contribution in [0.4, 0.5) is 8.78 Å². The van der Waals surface area contributed by atoms with E-state index >= 15 is 0 Å². The predicted octanol–water partition coefficient (Wildman–Crippen LogP) is 2.41. The third-order valence-electron chi connectivity index (χ3n) is 2.66. The van der Waals surface area contributed by atoms with E-state index in [1.165, 1.54) is 18.2 Å². The fourth-order valence-corrected chi connectivity index (χ4v) is 1.63. The third-order valence-corrected chi connectivity index (χ3v) is 2.66. The van der Waals surface area contributed by atoms with Crippen molar-refractivity contribution in [1.29, 1.82) is 0 Å². The van der Waals surface area contributed by atoms with E-state index in [1.807, 2.05) is 0 Å². The van der Waals surface area contributed by atoms with E-state index < -0.39 is 23.4 Å². The fourth-order valence-electron chi connectivity index (χ4n) is 1.63. The second-order valence-corrected chi connectivity index (χ2v) is 4.20. The second kappa shape index (κ2) is 7.37. The first-order chi connectivity index (χ1) is 10.6. The lowest BCUT2D eigenvalue weighted by Gasteiger charge is -2.09. The molecule has 2 aromatic carbocycles. The number of halogens is 2. The van der Waals surface area contributed by atoms with Crippen LogP contribution in [-0.4, -0.2) is 24.2 Å². The summed E-state index contributed by atoms with van der Waals surface area (Å²) in [4.78, 5) is 16.3. The van der Waals surface area contributed by atoms with Crippen LogP contribution in [0.25, 0.3) is 0 Å². The summed E-state index contributed by atoms with van der Waals surface area (Å²) in [5.41, 5.74) is 2.29. The molecule has 0 atom stereocenters. The van der Waals surface area contributed by atoms with Gasteiger partial charge in [-0.25, -0.2) is 13.6 Å². The molecule has 116 valence electrons. The molecule has 2 rings (SSSR count). The molecule has 2 N–H and O–H groups in total. The van der Waals surface area contributed by atoms with E-state index in [2.05, 4.69) is 5.48 Å². The Morgan fingerprint density at radius 2 is 1.77 bits per heavy atom. The lowest BCUT2D eigenvalue weighted by Crippen LogP contribution is -2.25. The van der Waals surface area contributed by atoms with Gasteiger partial charge in [0.05, 0.1) is 6.54 Å². The third kappa shape index (κ3) is 3.92. The first kappa shape index (κ1) is 15.7. The number of phenols is 1. The van der Waals surface area contributed by atoms with Crippen LogP contribution in [0.5, 0.6) is 11.5 Å². The van der Waals surface area contributed by atoms with Crippen LogP contribution < -0.4 is 10.2 Å². The maximum absolute atomic E-state index is 13.3. The van der Waals surface area contributed by atoms with Crippen molar-refractivity contribution >= 4 is 5.97 Å². The number of carbonyl (C=O) groups is 1. The van der Waals surface area contributed by atoms with Gasteiger partial charge in [-0.05, 0) is 24.3 Å². The summed E-state index contributed by atoms with van der Waals surface area (Å²) in [7, 11) is 0. The van der Waals surface area contributed by atoms with Crippen LogP contribution in [0.2, 0.25) is 0 Å². The summed E-state index contributed by atoms with van der Waals surface area (Å²) in [6, 6.07) is 9.25. The molecule has 0 aliphatic carbocycles. The average molecular weight is 309 g/mol. The highest BCUT2D eigenvalue weighted by Crippen LogP contribution is 2.20. The second-order valence-electron chi connectivity index (χ2n) is 4.20. The van der Waals surface area contributed by atoms with E-state index in [-0.39, 0.29) is 24.5 Å². The van der Waals surface area contributed by atoms with E-state index in [9.17, 15) is 18.7 Å². The Morgan fingerprint density at radius 3 is 2.45 bits per heavy atom. The van der Waals surface area contributed by atoms with Crippen molar-refractivity contribution in [3.63, 3.8) is 0 Å². The number of para-hydroxylation sites is 2. The molecule has 0 bridgehead atoms. The van der Waals surface area contributed by atoms with Gasteiger partial charge in [-0.1, -0.05) is 18.2 Å². The minimum Gasteiger partial charge on any atom is -0.507 e. The molecule has 0 saturated carbocycles. The maximum Gasteiger partial charge on any atom is 0.360 e. The standard InChI is InChI=1S/C15H13F2NO4/c16-11-5-3-6-12(17)14(11)21-9-8-18-22-15(20)10-4-1-2-7-13(10)19/h1-7,18-19H,8-9H2. The molecule has 2 aromatic rings. The molecule has 0 aliphatic heterocycles. The summed E-state index contributed by atoms with van der Waals surface area (Å²) in [5, 5.41) is 9.46. The number of hydroxylamine groups is 1. The van der Waals surface area contributed by atoms with Gasteiger partial charge in [0.2, 0.25) is 0 Å². The number of hydrogen-bond acceptors (Lipinski definition) is 5. The highest BCUT2D eigenvalue weighted by molar-refractivity contribution is 5.92. The highest BCUT2D eigenvalue weighted by Gasteiger charge is 2.12. The number of aromatic hydroxyl groups is 1. The molecule has 0 fully saturated rings. The van der Waals surface area contributed by atoms with Gasteiger partial charge in [-0.3, -0.25) is 0 Å². The molecule has 0 radical (unpaired) electrons. The Bertz CT molecular complexity index is 643. The Hall–Kier alpha value is -2.67. The molecule has 0 aromatic heterocycles. The number of carbonyl (C=O) groups excluding carboxylic acids is 1. The molecule has 5 nitrogen and oxygen atoms in total. The number of rotatable bonds is 6. The summed E-state index contributed by atoms with van der Waals surface area (Å²) >= 11 is 0. The highest BCUT2D eigenvalue weighted by atomic mass is 19.1. The Kier molecular flexibility index (Phi) is 5.26. The number of phenolic OH excluding ortho intramolecular Hbond substituents is 1. The molecule has 0 aliphatic rings.